The number of benzene rings is 1. The molecule has 0 saturated heterocycles. The van der Waals surface area contributed by atoms with E-state index in [1.807, 2.05) is 18.2 Å². The van der Waals surface area contributed by atoms with E-state index in [0.29, 0.717) is 5.95 Å². The summed E-state index contributed by atoms with van der Waals surface area (Å²) in [6.07, 6.45) is 5.19. The molecular formula is C15H21N5. The maximum absolute atomic E-state index is 4.39. The summed E-state index contributed by atoms with van der Waals surface area (Å²) in [7, 11) is 0. The lowest BCUT2D eigenvalue weighted by atomic mass is 10.2. The van der Waals surface area contributed by atoms with Crippen LogP contribution in [0, 0.1) is 0 Å². The van der Waals surface area contributed by atoms with Crippen molar-refractivity contribution in [1.82, 2.24) is 15.2 Å². The van der Waals surface area contributed by atoms with Crippen molar-refractivity contribution in [2.45, 2.75) is 32.7 Å². The van der Waals surface area contributed by atoms with Crippen LogP contribution in [-0.4, -0.2) is 21.7 Å². The van der Waals surface area contributed by atoms with Gasteiger partial charge in [0.1, 0.15) is 0 Å². The number of unbranched alkanes of at least 4 members (excludes halogenated alkanes) is 2. The minimum Gasteiger partial charge on any atom is -0.365 e. The maximum atomic E-state index is 4.39. The normalized spacial score (nSPS) is 10.2. The number of nitrogens with one attached hydrogen (secondary N) is 2. The summed E-state index contributed by atoms with van der Waals surface area (Å²) in [5, 5.41) is 14.4. The van der Waals surface area contributed by atoms with Gasteiger partial charge in [0.05, 0.1) is 6.20 Å². The third-order valence-corrected chi connectivity index (χ3v) is 2.94. The van der Waals surface area contributed by atoms with Gasteiger partial charge in [-0.25, -0.2) is 0 Å². The highest BCUT2D eigenvalue weighted by atomic mass is 15.3. The fourth-order valence-electron chi connectivity index (χ4n) is 1.83. The molecule has 106 valence electrons. The Balaban J connectivity index is 1.83. The van der Waals surface area contributed by atoms with Gasteiger partial charge in [-0.1, -0.05) is 50.1 Å². The molecule has 0 saturated carbocycles. The van der Waals surface area contributed by atoms with Crippen molar-refractivity contribution in [3.63, 3.8) is 0 Å². The molecule has 1 aromatic carbocycles. The van der Waals surface area contributed by atoms with Crippen molar-refractivity contribution in [2.24, 2.45) is 0 Å². The quantitative estimate of drug-likeness (QED) is 0.722. The average Bonchev–Trinajstić information content (AvgIpc) is 2.51. The van der Waals surface area contributed by atoms with Crippen molar-refractivity contribution < 1.29 is 0 Å². The summed E-state index contributed by atoms with van der Waals surface area (Å²) in [6, 6.07) is 10.2. The van der Waals surface area contributed by atoms with Crippen LogP contribution in [0.2, 0.25) is 0 Å². The van der Waals surface area contributed by atoms with Gasteiger partial charge in [-0.15, -0.1) is 5.10 Å². The van der Waals surface area contributed by atoms with Gasteiger partial charge in [-0.05, 0) is 12.0 Å². The molecule has 0 aliphatic carbocycles. The molecule has 0 spiro atoms. The molecule has 1 aromatic heterocycles. The summed E-state index contributed by atoms with van der Waals surface area (Å²) < 4.78 is 0. The molecule has 1 heterocycles. The number of rotatable bonds is 8. The SMILES string of the molecule is CCCCCNc1nncc(NCc2ccccc2)n1. The number of anilines is 2. The number of aromatic nitrogens is 3. The Kier molecular flexibility index (Phi) is 5.76. The van der Waals surface area contributed by atoms with Crippen molar-refractivity contribution >= 4 is 11.8 Å². The van der Waals surface area contributed by atoms with E-state index >= 15 is 0 Å². The Labute approximate surface area is 119 Å². The van der Waals surface area contributed by atoms with Crippen molar-refractivity contribution in [2.75, 3.05) is 17.2 Å². The molecule has 0 unspecified atom stereocenters. The van der Waals surface area contributed by atoms with E-state index in [1.165, 1.54) is 18.4 Å². The second kappa shape index (κ2) is 8.09. The van der Waals surface area contributed by atoms with Gasteiger partial charge < -0.3 is 10.6 Å². The predicted molar refractivity (Wildman–Crippen MR) is 81.6 cm³/mol. The molecule has 0 atom stereocenters. The summed E-state index contributed by atoms with van der Waals surface area (Å²) in [5.41, 5.74) is 1.21. The molecule has 0 fully saturated rings. The van der Waals surface area contributed by atoms with E-state index in [2.05, 4.69) is 44.9 Å². The molecular weight excluding hydrogens is 250 g/mol. The van der Waals surface area contributed by atoms with Crippen LogP contribution in [0.4, 0.5) is 11.8 Å². The first-order chi connectivity index (χ1) is 9.88. The lowest BCUT2D eigenvalue weighted by Crippen LogP contribution is -2.09. The zero-order valence-electron chi connectivity index (χ0n) is 11.8. The topological polar surface area (TPSA) is 62.7 Å². The summed E-state index contributed by atoms with van der Waals surface area (Å²) in [6.45, 7) is 3.80. The molecule has 20 heavy (non-hydrogen) atoms. The molecule has 2 N–H and O–H groups in total. The van der Waals surface area contributed by atoms with E-state index in [9.17, 15) is 0 Å². The van der Waals surface area contributed by atoms with Crippen LogP contribution in [0.5, 0.6) is 0 Å². The van der Waals surface area contributed by atoms with Gasteiger partial charge in [0.2, 0.25) is 5.95 Å². The van der Waals surface area contributed by atoms with Crippen LogP contribution in [0.25, 0.3) is 0 Å². The summed E-state index contributed by atoms with van der Waals surface area (Å²) in [4.78, 5) is 4.39. The van der Waals surface area contributed by atoms with E-state index < -0.39 is 0 Å². The van der Waals surface area contributed by atoms with Gasteiger partial charge in [-0.2, -0.15) is 10.1 Å². The van der Waals surface area contributed by atoms with Gasteiger partial charge in [-0.3, -0.25) is 0 Å². The van der Waals surface area contributed by atoms with Crippen molar-refractivity contribution in [3.05, 3.63) is 42.1 Å². The van der Waals surface area contributed by atoms with Gasteiger partial charge >= 0.3 is 0 Å². The second-order valence-corrected chi connectivity index (χ2v) is 4.64. The Hall–Kier alpha value is -2.17. The van der Waals surface area contributed by atoms with Crippen LogP contribution in [0.15, 0.2) is 36.5 Å². The Morgan fingerprint density at radius 2 is 1.90 bits per heavy atom. The van der Waals surface area contributed by atoms with E-state index in [-0.39, 0.29) is 0 Å². The molecule has 0 radical (unpaired) electrons. The molecule has 5 heteroatoms. The number of hydrogen-bond donors (Lipinski definition) is 2. The highest BCUT2D eigenvalue weighted by Gasteiger charge is 2.00. The van der Waals surface area contributed by atoms with Crippen molar-refractivity contribution in [3.8, 4) is 0 Å². The minimum atomic E-state index is 0.583. The first-order valence-corrected chi connectivity index (χ1v) is 7.10. The van der Waals surface area contributed by atoms with E-state index in [1.54, 1.807) is 6.20 Å². The van der Waals surface area contributed by atoms with E-state index in [0.717, 1.165) is 25.3 Å². The first kappa shape index (κ1) is 14.2. The Bertz CT molecular complexity index is 501. The minimum absolute atomic E-state index is 0.583. The lowest BCUT2D eigenvalue weighted by Gasteiger charge is -2.07. The van der Waals surface area contributed by atoms with Gasteiger partial charge in [0, 0.05) is 13.1 Å². The van der Waals surface area contributed by atoms with Crippen LogP contribution >= 0.6 is 0 Å². The molecule has 2 aromatic rings. The molecule has 2 rings (SSSR count). The monoisotopic (exact) mass is 271 g/mol. The highest BCUT2D eigenvalue weighted by Crippen LogP contribution is 2.07. The molecule has 0 aliphatic rings. The number of nitrogens with zero attached hydrogens (tertiary/aromatic N) is 3. The van der Waals surface area contributed by atoms with Crippen LogP contribution in [0.1, 0.15) is 31.7 Å². The highest BCUT2D eigenvalue weighted by molar-refractivity contribution is 5.37. The second-order valence-electron chi connectivity index (χ2n) is 4.64. The van der Waals surface area contributed by atoms with Crippen molar-refractivity contribution in [1.29, 1.82) is 0 Å². The van der Waals surface area contributed by atoms with Gasteiger partial charge in [0.15, 0.2) is 5.82 Å². The van der Waals surface area contributed by atoms with Crippen LogP contribution in [-0.2, 0) is 6.54 Å². The zero-order chi connectivity index (χ0) is 14.0. The fourth-order valence-corrected chi connectivity index (χ4v) is 1.83. The van der Waals surface area contributed by atoms with Gasteiger partial charge in [0.25, 0.3) is 0 Å². The average molecular weight is 271 g/mol. The summed E-state index contributed by atoms with van der Waals surface area (Å²) >= 11 is 0. The molecule has 0 amide bonds. The van der Waals surface area contributed by atoms with Crippen LogP contribution < -0.4 is 10.6 Å². The molecule has 5 nitrogen and oxygen atoms in total. The largest absolute Gasteiger partial charge is 0.365 e. The maximum Gasteiger partial charge on any atom is 0.244 e. The van der Waals surface area contributed by atoms with Crippen LogP contribution in [0.3, 0.4) is 0 Å². The van der Waals surface area contributed by atoms with E-state index in [4.69, 9.17) is 0 Å². The molecule has 0 bridgehead atoms. The fraction of sp³-hybridized carbons (Fsp3) is 0.400. The third-order valence-electron chi connectivity index (χ3n) is 2.94. The third kappa shape index (κ3) is 4.84. The predicted octanol–water partition coefficient (Wildman–Crippen LogP) is 3.09. The lowest BCUT2D eigenvalue weighted by molar-refractivity contribution is 0.738. The Morgan fingerprint density at radius 1 is 1.05 bits per heavy atom. The smallest absolute Gasteiger partial charge is 0.244 e. The number of hydrogen-bond acceptors (Lipinski definition) is 5. The Morgan fingerprint density at radius 3 is 2.70 bits per heavy atom. The molecule has 0 aliphatic heterocycles. The summed E-state index contributed by atoms with van der Waals surface area (Å²) in [5.74, 6) is 1.32. The zero-order valence-corrected chi connectivity index (χ0v) is 11.8. The first-order valence-electron chi connectivity index (χ1n) is 7.10. The standard InChI is InChI=1S/C15H21N5/c1-2-3-7-10-16-15-19-14(12-18-20-15)17-11-13-8-5-4-6-9-13/h4-6,8-9,12H,2-3,7,10-11H2,1H3,(H2,16,17,19,20).